The van der Waals surface area contributed by atoms with Gasteiger partial charge in [-0.2, -0.15) is 0 Å². The van der Waals surface area contributed by atoms with Crippen molar-refractivity contribution in [3.05, 3.63) is 101 Å². The number of aliphatic hydroxyl groups excluding tert-OH is 1. The Balaban J connectivity index is 1.89. The van der Waals surface area contributed by atoms with Crippen LogP contribution in [0.25, 0.3) is 5.76 Å². The van der Waals surface area contributed by atoms with Crippen LogP contribution in [0.15, 0.2) is 72.3 Å². The summed E-state index contributed by atoms with van der Waals surface area (Å²) in [7, 11) is 0. The highest BCUT2D eigenvalue weighted by molar-refractivity contribution is 6.51. The molecule has 8 heteroatoms. The Morgan fingerprint density at radius 3 is 2.34 bits per heavy atom. The van der Waals surface area contributed by atoms with Crippen LogP contribution in [0.4, 0.5) is 18.9 Å². The first-order valence-electron chi connectivity index (χ1n) is 10.9. The molecule has 3 aromatic carbocycles. The van der Waals surface area contributed by atoms with Crippen LogP contribution >= 0.6 is 0 Å². The van der Waals surface area contributed by atoms with Gasteiger partial charge in [-0.25, -0.2) is 13.2 Å². The van der Waals surface area contributed by atoms with Gasteiger partial charge in [0.1, 0.15) is 29.0 Å². The van der Waals surface area contributed by atoms with E-state index in [2.05, 4.69) is 0 Å². The molecule has 1 saturated heterocycles. The lowest BCUT2D eigenvalue weighted by molar-refractivity contribution is -0.132. The smallest absolute Gasteiger partial charge is 0.300 e. The molecule has 0 bridgehead atoms. The van der Waals surface area contributed by atoms with Gasteiger partial charge in [0.25, 0.3) is 11.7 Å². The van der Waals surface area contributed by atoms with E-state index < -0.39 is 46.6 Å². The molecule has 35 heavy (non-hydrogen) atoms. The van der Waals surface area contributed by atoms with Crippen molar-refractivity contribution >= 4 is 23.1 Å². The maximum absolute atomic E-state index is 14.7. The van der Waals surface area contributed by atoms with E-state index in [9.17, 15) is 27.9 Å². The predicted molar refractivity (Wildman–Crippen MR) is 124 cm³/mol. The first kappa shape index (κ1) is 24.1. The molecule has 0 aliphatic carbocycles. The predicted octanol–water partition coefficient (Wildman–Crippen LogP) is 5.77. The number of aliphatic hydroxyl groups is 1. The Hall–Kier alpha value is -4.07. The highest BCUT2D eigenvalue weighted by Crippen LogP contribution is 2.43. The average molecular weight is 481 g/mol. The number of hydrogen-bond donors (Lipinski definition) is 1. The number of ketones is 1. The zero-order valence-corrected chi connectivity index (χ0v) is 19.0. The normalized spacial score (nSPS) is 17.3. The minimum atomic E-state index is -1.33. The lowest BCUT2D eigenvalue weighted by atomic mass is 9.95. The fraction of sp³-hybridized carbons (Fsp3) is 0.185. The van der Waals surface area contributed by atoms with Crippen molar-refractivity contribution < 1.29 is 32.6 Å². The summed E-state index contributed by atoms with van der Waals surface area (Å²) in [6.45, 7) is 4.36. The molecule has 1 N–H and O–H groups in total. The second kappa shape index (κ2) is 9.66. The lowest BCUT2D eigenvalue weighted by Crippen LogP contribution is -2.30. The average Bonchev–Trinajstić information content (AvgIpc) is 3.10. The number of carbonyl (C=O) groups is 2. The number of Topliss-reactive ketones (excluding diaryl/α,β-unsaturated/α-hetero) is 1. The number of carbonyl (C=O) groups excluding carboxylic acids is 2. The Morgan fingerprint density at radius 2 is 1.66 bits per heavy atom. The summed E-state index contributed by atoms with van der Waals surface area (Å²) in [5.41, 5.74) is -0.403. The second-order valence-corrected chi connectivity index (χ2v) is 8.55. The van der Waals surface area contributed by atoms with Gasteiger partial charge in [0.2, 0.25) is 0 Å². The van der Waals surface area contributed by atoms with Gasteiger partial charge in [-0.15, -0.1) is 0 Å². The van der Waals surface area contributed by atoms with Crippen molar-refractivity contribution in [3.8, 4) is 5.75 Å². The van der Waals surface area contributed by atoms with Crippen molar-refractivity contribution in [3.63, 3.8) is 0 Å². The number of ether oxygens (including phenoxy) is 1. The topological polar surface area (TPSA) is 66.8 Å². The second-order valence-electron chi connectivity index (χ2n) is 8.55. The molecule has 180 valence electrons. The van der Waals surface area contributed by atoms with Crippen LogP contribution in [-0.2, 0) is 9.59 Å². The number of halogens is 3. The zero-order valence-electron chi connectivity index (χ0n) is 19.0. The van der Waals surface area contributed by atoms with Crippen LogP contribution < -0.4 is 9.64 Å². The number of rotatable bonds is 6. The van der Waals surface area contributed by atoms with E-state index in [-0.39, 0.29) is 22.6 Å². The van der Waals surface area contributed by atoms with E-state index in [1.807, 2.05) is 13.8 Å². The summed E-state index contributed by atoms with van der Waals surface area (Å²) in [6.07, 6.45) is 0. The van der Waals surface area contributed by atoms with Gasteiger partial charge in [-0.3, -0.25) is 14.5 Å². The molecule has 1 aliphatic rings. The minimum Gasteiger partial charge on any atom is -0.507 e. The maximum atomic E-state index is 14.7. The molecule has 0 aromatic heterocycles. The van der Waals surface area contributed by atoms with Crippen molar-refractivity contribution in [2.45, 2.75) is 19.9 Å². The van der Waals surface area contributed by atoms with Crippen LogP contribution in [0.3, 0.4) is 0 Å². The summed E-state index contributed by atoms with van der Waals surface area (Å²) in [6, 6.07) is 12.3. The molecule has 1 fully saturated rings. The molecule has 1 heterocycles. The summed E-state index contributed by atoms with van der Waals surface area (Å²) in [5, 5.41) is 11.2. The molecule has 1 amide bonds. The molecule has 0 spiro atoms. The highest BCUT2D eigenvalue weighted by Gasteiger charge is 2.47. The van der Waals surface area contributed by atoms with Gasteiger partial charge < -0.3 is 9.84 Å². The third kappa shape index (κ3) is 4.77. The third-order valence-corrected chi connectivity index (χ3v) is 5.49. The van der Waals surface area contributed by atoms with E-state index in [0.29, 0.717) is 12.4 Å². The number of amides is 1. The molecule has 0 saturated carbocycles. The monoisotopic (exact) mass is 481 g/mol. The fourth-order valence-electron chi connectivity index (χ4n) is 3.86. The van der Waals surface area contributed by atoms with Gasteiger partial charge in [-0.05, 0) is 47.9 Å². The van der Waals surface area contributed by atoms with Gasteiger partial charge in [0.05, 0.1) is 23.9 Å². The van der Waals surface area contributed by atoms with E-state index in [1.54, 1.807) is 12.1 Å². The summed E-state index contributed by atoms with van der Waals surface area (Å²) in [4.78, 5) is 27.0. The number of nitrogens with zero attached hydrogens (tertiary/aromatic N) is 1. The Labute approximate surface area is 200 Å². The number of benzene rings is 3. The summed E-state index contributed by atoms with van der Waals surface area (Å²) >= 11 is 0. The van der Waals surface area contributed by atoms with E-state index >= 15 is 0 Å². The Bertz CT molecular complexity index is 1320. The first-order chi connectivity index (χ1) is 16.7. The lowest BCUT2D eigenvalue weighted by Gasteiger charge is -2.25. The van der Waals surface area contributed by atoms with Crippen molar-refractivity contribution in [2.75, 3.05) is 11.5 Å². The van der Waals surface area contributed by atoms with Crippen LogP contribution in [-0.4, -0.2) is 23.4 Å². The molecule has 4 rings (SSSR count). The SMILES string of the molecule is CC(C)COc1cccc(/C(O)=C2\C(=O)C(=O)N(c3cc(F)ccc3F)C2c2ccc(F)cc2)c1. The Kier molecular flexibility index (Phi) is 6.64. The van der Waals surface area contributed by atoms with Crippen LogP contribution in [0, 0.1) is 23.4 Å². The standard InChI is InChI=1S/C27H22F3NO4/c1-15(2)14-35-20-5-3-4-17(12-20)25(32)23-24(16-6-8-18(28)9-7-16)31(27(34)26(23)33)22-13-19(29)10-11-21(22)30/h3-13,15,24,32H,14H2,1-2H3/b25-23+. The number of anilines is 1. The molecule has 1 aliphatic heterocycles. The molecule has 0 radical (unpaired) electrons. The molecular weight excluding hydrogens is 459 g/mol. The molecule has 1 unspecified atom stereocenters. The van der Waals surface area contributed by atoms with Crippen molar-refractivity contribution in [1.82, 2.24) is 0 Å². The van der Waals surface area contributed by atoms with E-state index in [0.717, 1.165) is 35.2 Å². The van der Waals surface area contributed by atoms with E-state index in [1.165, 1.54) is 24.3 Å². The van der Waals surface area contributed by atoms with Crippen LogP contribution in [0.5, 0.6) is 5.75 Å². The molecule has 1 atom stereocenters. The van der Waals surface area contributed by atoms with E-state index in [4.69, 9.17) is 4.74 Å². The van der Waals surface area contributed by atoms with Crippen LogP contribution in [0.1, 0.15) is 31.0 Å². The summed E-state index contributed by atoms with van der Waals surface area (Å²) < 4.78 is 48.0. The highest BCUT2D eigenvalue weighted by atomic mass is 19.1. The quantitative estimate of drug-likeness (QED) is 0.276. The molecular formula is C27H22F3NO4. The fourth-order valence-corrected chi connectivity index (χ4v) is 3.86. The summed E-state index contributed by atoms with van der Waals surface area (Å²) in [5.74, 6) is -4.42. The minimum absolute atomic E-state index is 0.191. The third-order valence-electron chi connectivity index (χ3n) is 5.49. The Morgan fingerprint density at radius 1 is 0.971 bits per heavy atom. The molecule has 3 aromatic rings. The van der Waals surface area contributed by atoms with Crippen molar-refractivity contribution in [1.29, 1.82) is 0 Å². The van der Waals surface area contributed by atoms with Gasteiger partial charge in [-0.1, -0.05) is 38.1 Å². The van der Waals surface area contributed by atoms with Crippen LogP contribution in [0.2, 0.25) is 0 Å². The van der Waals surface area contributed by atoms with Crippen molar-refractivity contribution in [2.24, 2.45) is 5.92 Å². The molecule has 5 nitrogen and oxygen atoms in total. The first-order valence-corrected chi connectivity index (χ1v) is 10.9. The van der Waals surface area contributed by atoms with Gasteiger partial charge in [0, 0.05) is 11.6 Å². The maximum Gasteiger partial charge on any atom is 0.300 e. The van der Waals surface area contributed by atoms with Gasteiger partial charge >= 0.3 is 0 Å². The van der Waals surface area contributed by atoms with Gasteiger partial charge in [0.15, 0.2) is 0 Å². The largest absolute Gasteiger partial charge is 0.507 e. The zero-order chi connectivity index (χ0) is 25.3. The number of hydrogen-bond acceptors (Lipinski definition) is 4.